The van der Waals surface area contributed by atoms with Gasteiger partial charge in [-0.3, -0.25) is 0 Å². The Bertz CT molecular complexity index is 3320. The number of para-hydroxylation sites is 2. The smallest absolute Gasteiger partial charge is 0.178 e. The Morgan fingerprint density at radius 2 is 1.00 bits per heavy atom. The van der Waals surface area contributed by atoms with Gasteiger partial charge in [-0.15, -0.1) is 11.3 Å². The first kappa shape index (κ1) is 32.7. The summed E-state index contributed by atoms with van der Waals surface area (Å²) in [6.07, 6.45) is 0. The van der Waals surface area contributed by atoms with Gasteiger partial charge in [0, 0.05) is 42.7 Å². The molecule has 59 heavy (non-hydrogen) atoms. The standard InChI is InChI=1S/C55H33NO2S/c1-2-16-35(17-3-1)56(46-27-14-30-50-52(46)41-22-7-11-29-49(41)59-50)36-18-12-15-34(33-36)37-23-13-28-47-53(37)57-48-32-31-45-51(54(48)58-47)40-21-6-10-26-44(40)55(45)42-24-8-4-19-38(42)39-20-5-9-25-43(39)55/h1-33H. The Kier molecular flexibility index (Phi) is 6.81. The lowest BCUT2D eigenvalue weighted by atomic mass is 9.70. The van der Waals surface area contributed by atoms with Crippen LogP contribution >= 0.6 is 11.3 Å². The summed E-state index contributed by atoms with van der Waals surface area (Å²) in [6.45, 7) is 0. The number of benzene rings is 9. The molecule has 1 aromatic heterocycles. The molecule has 0 amide bonds. The molecular weight excluding hydrogens is 739 g/mol. The van der Waals surface area contributed by atoms with Crippen LogP contribution in [-0.2, 0) is 5.41 Å². The molecule has 9 aromatic carbocycles. The number of fused-ring (bicyclic) bond motifs is 16. The topological polar surface area (TPSA) is 21.7 Å². The predicted octanol–water partition coefficient (Wildman–Crippen LogP) is 15.4. The molecular formula is C55H33NO2S. The highest BCUT2D eigenvalue weighted by atomic mass is 32.1. The van der Waals surface area contributed by atoms with E-state index in [1.807, 2.05) is 17.4 Å². The highest BCUT2D eigenvalue weighted by Crippen LogP contribution is 2.66. The number of thiophene rings is 1. The van der Waals surface area contributed by atoms with Crippen molar-refractivity contribution in [3.05, 3.63) is 222 Å². The van der Waals surface area contributed by atoms with Crippen molar-refractivity contribution in [2.75, 3.05) is 4.90 Å². The summed E-state index contributed by atoms with van der Waals surface area (Å²) < 4.78 is 16.7. The van der Waals surface area contributed by atoms with Gasteiger partial charge in [0.25, 0.3) is 0 Å². The van der Waals surface area contributed by atoms with Crippen molar-refractivity contribution in [1.29, 1.82) is 0 Å². The predicted molar refractivity (Wildman–Crippen MR) is 242 cm³/mol. The third kappa shape index (κ3) is 4.47. The third-order valence-electron chi connectivity index (χ3n) is 12.5. The Morgan fingerprint density at radius 1 is 0.407 bits per heavy atom. The SMILES string of the molecule is c1ccc(N(c2cccc(-c3cccc4c3Oc3ccc5c(c3O4)-c3ccccc3C53c4ccccc4-c4ccccc43)c2)c2cccc3sc4ccccc4c23)cc1. The zero-order chi connectivity index (χ0) is 38.7. The summed E-state index contributed by atoms with van der Waals surface area (Å²) in [7, 11) is 0. The maximum absolute atomic E-state index is 7.08. The lowest BCUT2D eigenvalue weighted by molar-refractivity contribution is 0.361. The number of nitrogens with zero attached hydrogens (tertiary/aromatic N) is 1. The molecule has 0 saturated carbocycles. The van der Waals surface area contributed by atoms with E-state index in [2.05, 4.69) is 199 Å². The zero-order valence-electron chi connectivity index (χ0n) is 31.7. The fraction of sp³-hybridized carbons (Fsp3) is 0.0182. The lowest BCUT2D eigenvalue weighted by Crippen LogP contribution is -2.25. The van der Waals surface area contributed by atoms with Gasteiger partial charge in [0.15, 0.2) is 23.0 Å². The molecule has 0 unspecified atom stereocenters. The zero-order valence-corrected chi connectivity index (χ0v) is 32.5. The molecule has 1 aliphatic heterocycles. The second-order valence-electron chi connectivity index (χ2n) is 15.5. The molecule has 4 heteroatoms. The molecule has 3 aliphatic rings. The minimum Gasteiger partial charge on any atom is -0.449 e. The van der Waals surface area contributed by atoms with Crippen LogP contribution in [0.15, 0.2) is 200 Å². The number of hydrogen-bond acceptors (Lipinski definition) is 4. The monoisotopic (exact) mass is 771 g/mol. The van der Waals surface area contributed by atoms with Crippen LogP contribution in [0.25, 0.3) is 53.6 Å². The Balaban J connectivity index is 0.953. The lowest BCUT2D eigenvalue weighted by Gasteiger charge is -2.31. The van der Waals surface area contributed by atoms with Crippen molar-refractivity contribution < 1.29 is 9.47 Å². The fourth-order valence-electron chi connectivity index (χ4n) is 10.2. The van der Waals surface area contributed by atoms with E-state index in [4.69, 9.17) is 9.47 Å². The highest BCUT2D eigenvalue weighted by Gasteiger charge is 2.53. The largest absolute Gasteiger partial charge is 0.449 e. The molecule has 2 aliphatic carbocycles. The minimum atomic E-state index is -0.454. The fourth-order valence-corrected chi connectivity index (χ4v) is 11.3. The Labute approximate surface area is 345 Å². The summed E-state index contributed by atoms with van der Waals surface area (Å²) in [5.41, 5.74) is 14.8. The molecule has 0 bridgehead atoms. The van der Waals surface area contributed by atoms with Crippen molar-refractivity contribution in [2.45, 2.75) is 5.41 Å². The van der Waals surface area contributed by atoms with Gasteiger partial charge < -0.3 is 14.4 Å². The van der Waals surface area contributed by atoms with E-state index in [9.17, 15) is 0 Å². The first-order valence-corrected chi connectivity index (χ1v) is 20.9. The van der Waals surface area contributed by atoms with E-state index in [0.29, 0.717) is 17.2 Å². The second-order valence-corrected chi connectivity index (χ2v) is 16.6. The first-order valence-electron chi connectivity index (χ1n) is 20.1. The average molecular weight is 772 g/mol. The van der Waals surface area contributed by atoms with Crippen LogP contribution in [0.5, 0.6) is 23.0 Å². The van der Waals surface area contributed by atoms with Gasteiger partial charge in [0.05, 0.1) is 11.1 Å². The van der Waals surface area contributed by atoms with Crippen molar-refractivity contribution in [2.24, 2.45) is 0 Å². The van der Waals surface area contributed by atoms with E-state index in [0.717, 1.165) is 39.5 Å². The normalized spacial score (nSPS) is 13.5. The maximum Gasteiger partial charge on any atom is 0.178 e. The number of anilines is 3. The van der Waals surface area contributed by atoms with Crippen LogP contribution in [0.1, 0.15) is 22.3 Å². The first-order chi connectivity index (χ1) is 29.3. The van der Waals surface area contributed by atoms with Gasteiger partial charge in [0.1, 0.15) is 0 Å². The summed E-state index contributed by atoms with van der Waals surface area (Å²) in [4.78, 5) is 2.38. The van der Waals surface area contributed by atoms with Gasteiger partial charge >= 0.3 is 0 Å². The molecule has 1 spiro atoms. The molecule has 0 N–H and O–H groups in total. The molecule has 10 aromatic rings. The van der Waals surface area contributed by atoms with Crippen LogP contribution in [0.2, 0.25) is 0 Å². The van der Waals surface area contributed by atoms with Gasteiger partial charge in [-0.1, -0.05) is 146 Å². The van der Waals surface area contributed by atoms with E-state index in [1.165, 1.54) is 59.1 Å². The van der Waals surface area contributed by atoms with Crippen molar-refractivity contribution >= 4 is 48.6 Å². The quantitative estimate of drug-likeness (QED) is 0.178. The summed E-state index contributed by atoms with van der Waals surface area (Å²) in [5, 5.41) is 2.52. The van der Waals surface area contributed by atoms with Gasteiger partial charge in [-0.25, -0.2) is 0 Å². The summed E-state index contributed by atoms with van der Waals surface area (Å²) in [6, 6.07) is 72.0. The van der Waals surface area contributed by atoms with Crippen LogP contribution in [0.3, 0.4) is 0 Å². The summed E-state index contributed by atoms with van der Waals surface area (Å²) >= 11 is 1.84. The van der Waals surface area contributed by atoms with Crippen LogP contribution in [0.4, 0.5) is 17.1 Å². The van der Waals surface area contributed by atoms with Crippen LogP contribution < -0.4 is 14.4 Å². The number of hydrogen-bond donors (Lipinski definition) is 0. The van der Waals surface area contributed by atoms with Crippen LogP contribution in [0, 0.1) is 0 Å². The van der Waals surface area contributed by atoms with Gasteiger partial charge in [-0.2, -0.15) is 0 Å². The molecule has 13 rings (SSSR count). The van der Waals surface area contributed by atoms with E-state index in [1.54, 1.807) is 0 Å². The molecule has 276 valence electrons. The Morgan fingerprint density at radius 3 is 1.81 bits per heavy atom. The molecule has 3 nitrogen and oxygen atoms in total. The number of rotatable bonds is 4. The maximum atomic E-state index is 7.08. The second kappa shape index (κ2) is 12.3. The van der Waals surface area contributed by atoms with Gasteiger partial charge in [-0.05, 0) is 99.1 Å². The number of ether oxygens (including phenoxy) is 2. The Hall–Kier alpha value is -7.40. The minimum absolute atomic E-state index is 0.454. The van der Waals surface area contributed by atoms with E-state index < -0.39 is 5.41 Å². The molecule has 0 atom stereocenters. The molecule has 0 saturated heterocycles. The van der Waals surface area contributed by atoms with Crippen LogP contribution in [-0.4, -0.2) is 0 Å². The van der Waals surface area contributed by atoms with E-state index in [-0.39, 0.29) is 0 Å². The van der Waals surface area contributed by atoms with Crippen molar-refractivity contribution in [3.63, 3.8) is 0 Å². The molecule has 2 heterocycles. The summed E-state index contributed by atoms with van der Waals surface area (Å²) in [5.74, 6) is 2.90. The molecule has 0 radical (unpaired) electrons. The third-order valence-corrected chi connectivity index (χ3v) is 13.7. The highest BCUT2D eigenvalue weighted by molar-refractivity contribution is 7.26. The average Bonchev–Trinajstić information content (AvgIpc) is 3.93. The van der Waals surface area contributed by atoms with E-state index >= 15 is 0 Å². The van der Waals surface area contributed by atoms with Crippen molar-refractivity contribution in [1.82, 2.24) is 0 Å². The van der Waals surface area contributed by atoms with Crippen molar-refractivity contribution in [3.8, 4) is 56.4 Å². The van der Waals surface area contributed by atoms with Gasteiger partial charge in [0.2, 0.25) is 0 Å². The molecule has 0 fully saturated rings.